The van der Waals surface area contributed by atoms with Crippen molar-refractivity contribution < 1.29 is 0 Å². The zero-order valence-corrected chi connectivity index (χ0v) is 10.6. The Kier molecular flexibility index (Phi) is 3.54. The normalized spacial score (nSPS) is 10.4. The number of hydrogen-bond acceptors (Lipinski definition) is 3. The van der Waals surface area contributed by atoms with Crippen molar-refractivity contribution in [2.24, 2.45) is 5.73 Å². The van der Waals surface area contributed by atoms with E-state index in [1.54, 1.807) is 0 Å². The quantitative estimate of drug-likeness (QED) is 0.840. The van der Waals surface area contributed by atoms with Gasteiger partial charge in [0.25, 0.3) is 0 Å². The minimum Gasteiger partial charge on any atom is -0.393 e. The molecule has 17 heavy (non-hydrogen) atoms. The number of nitrogens with zero attached hydrogens (tertiary/aromatic N) is 2. The summed E-state index contributed by atoms with van der Waals surface area (Å²) in [5, 5.41) is 1.15. The van der Waals surface area contributed by atoms with E-state index < -0.39 is 0 Å². The molecule has 1 heterocycles. The minimum atomic E-state index is 0.551. The maximum atomic E-state index is 5.52. The van der Waals surface area contributed by atoms with Gasteiger partial charge in [-0.2, -0.15) is 0 Å². The van der Waals surface area contributed by atoms with Gasteiger partial charge in [-0.1, -0.05) is 30.4 Å². The highest BCUT2D eigenvalue weighted by Crippen LogP contribution is 2.23. The second-order valence-electron chi connectivity index (χ2n) is 3.99. The molecule has 1 aromatic carbocycles. The van der Waals surface area contributed by atoms with Crippen LogP contribution in [0.4, 0.5) is 5.69 Å². The first-order chi connectivity index (χ1) is 8.18. The molecule has 0 spiro atoms. The smallest absolute Gasteiger partial charge is 0.0745 e. The lowest BCUT2D eigenvalue weighted by Gasteiger charge is -2.20. The average molecular weight is 245 g/mol. The Labute approximate surface area is 106 Å². The third-order valence-electron chi connectivity index (χ3n) is 2.73. The summed E-state index contributed by atoms with van der Waals surface area (Å²) in [4.78, 5) is 7.05. The highest BCUT2D eigenvalue weighted by Gasteiger charge is 2.06. The minimum absolute atomic E-state index is 0.551. The van der Waals surface area contributed by atoms with Crippen molar-refractivity contribution in [3.8, 4) is 0 Å². The second kappa shape index (κ2) is 5.10. The highest BCUT2D eigenvalue weighted by atomic mass is 32.1. The van der Waals surface area contributed by atoms with E-state index in [4.69, 9.17) is 18.0 Å². The molecule has 0 bridgehead atoms. The zero-order valence-electron chi connectivity index (χ0n) is 9.76. The summed E-state index contributed by atoms with van der Waals surface area (Å²) in [5.41, 5.74) is 7.69. The third-order valence-corrected chi connectivity index (χ3v) is 2.94. The van der Waals surface area contributed by atoms with Crippen molar-refractivity contribution >= 4 is 33.8 Å². The van der Waals surface area contributed by atoms with Gasteiger partial charge < -0.3 is 10.6 Å². The average Bonchev–Trinajstić information content (AvgIpc) is 2.35. The van der Waals surface area contributed by atoms with E-state index in [9.17, 15) is 0 Å². The van der Waals surface area contributed by atoms with E-state index in [1.807, 2.05) is 37.5 Å². The lowest BCUT2D eigenvalue weighted by Crippen LogP contribution is -2.23. The molecule has 88 valence electrons. The maximum absolute atomic E-state index is 5.52. The van der Waals surface area contributed by atoms with Crippen molar-refractivity contribution in [2.75, 3.05) is 18.5 Å². The predicted octanol–water partition coefficient (Wildman–Crippen LogP) is 2.35. The van der Waals surface area contributed by atoms with Crippen LogP contribution < -0.4 is 10.6 Å². The molecule has 0 unspecified atom stereocenters. The fraction of sp³-hybridized carbons (Fsp3) is 0.231. The molecule has 2 N–H and O–H groups in total. The molecule has 2 rings (SSSR count). The molecule has 3 nitrogen and oxygen atoms in total. The molecule has 0 saturated heterocycles. The number of benzene rings is 1. The molecule has 0 aliphatic rings. The number of fused-ring (bicyclic) bond motifs is 1. The lowest BCUT2D eigenvalue weighted by molar-refractivity contribution is 0.925. The van der Waals surface area contributed by atoms with Crippen LogP contribution in [0.5, 0.6) is 0 Å². The SMILES string of the molecule is CN(CCC(N)=S)c1ccnc2ccccc12. The molecule has 0 saturated carbocycles. The van der Waals surface area contributed by atoms with Crippen LogP contribution in [0.2, 0.25) is 0 Å². The summed E-state index contributed by atoms with van der Waals surface area (Å²) in [6, 6.07) is 10.1. The van der Waals surface area contributed by atoms with Crippen molar-refractivity contribution in [1.82, 2.24) is 4.98 Å². The maximum Gasteiger partial charge on any atom is 0.0745 e. The Balaban J connectivity index is 2.31. The third kappa shape index (κ3) is 2.71. The molecule has 0 atom stereocenters. The highest BCUT2D eigenvalue weighted by molar-refractivity contribution is 7.80. The van der Waals surface area contributed by atoms with Gasteiger partial charge >= 0.3 is 0 Å². The van der Waals surface area contributed by atoms with E-state index in [1.165, 1.54) is 0 Å². The number of rotatable bonds is 4. The number of aromatic nitrogens is 1. The fourth-order valence-corrected chi connectivity index (χ4v) is 1.90. The largest absolute Gasteiger partial charge is 0.393 e. The van der Waals surface area contributed by atoms with E-state index >= 15 is 0 Å². The van der Waals surface area contributed by atoms with Gasteiger partial charge in [0, 0.05) is 37.3 Å². The predicted molar refractivity (Wildman–Crippen MR) is 76.4 cm³/mol. The Morgan fingerprint density at radius 3 is 2.88 bits per heavy atom. The zero-order chi connectivity index (χ0) is 12.3. The number of anilines is 1. The Morgan fingerprint density at radius 2 is 2.12 bits per heavy atom. The molecule has 0 fully saturated rings. The van der Waals surface area contributed by atoms with E-state index in [0.29, 0.717) is 4.99 Å². The first-order valence-electron chi connectivity index (χ1n) is 5.51. The standard InChI is InChI=1S/C13H15N3S/c1-16(9-7-13(14)17)12-6-8-15-11-5-3-2-4-10(11)12/h2-6,8H,7,9H2,1H3,(H2,14,17). The number of para-hydroxylation sites is 1. The monoisotopic (exact) mass is 245 g/mol. The van der Waals surface area contributed by atoms with Crippen LogP contribution in [-0.2, 0) is 0 Å². The summed E-state index contributed by atoms with van der Waals surface area (Å²) >= 11 is 4.90. The molecule has 4 heteroatoms. The molecule has 0 aliphatic carbocycles. The number of thiocarbonyl (C=S) groups is 1. The Morgan fingerprint density at radius 1 is 1.35 bits per heavy atom. The van der Waals surface area contributed by atoms with Crippen molar-refractivity contribution in [3.05, 3.63) is 36.5 Å². The van der Waals surface area contributed by atoms with Crippen LogP contribution in [0.15, 0.2) is 36.5 Å². The van der Waals surface area contributed by atoms with E-state index in [0.717, 1.165) is 29.6 Å². The fourth-order valence-electron chi connectivity index (χ4n) is 1.81. The molecular weight excluding hydrogens is 230 g/mol. The first kappa shape index (κ1) is 11.8. The van der Waals surface area contributed by atoms with Crippen LogP contribution in [0.1, 0.15) is 6.42 Å². The van der Waals surface area contributed by atoms with Gasteiger partial charge in [0.1, 0.15) is 0 Å². The van der Waals surface area contributed by atoms with Crippen LogP contribution in [-0.4, -0.2) is 23.6 Å². The second-order valence-corrected chi connectivity index (χ2v) is 4.51. The van der Waals surface area contributed by atoms with Gasteiger partial charge in [-0.15, -0.1) is 0 Å². The summed E-state index contributed by atoms with van der Waals surface area (Å²) < 4.78 is 0. The van der Waals surface area contributed by atoms with Crippen LogP contribution >= 0.6 is 12.2 Å². The van der Waals surface area contributed by atoms with Crippen molar-refractivity contribution in [3.63, 3.8) is 0 Å². The number of hydrogen-bond donors (Lipinski definition) is 1. The summed E-state index contributed by atoms with van der Waals surface area (Å²) in [5.74, 6) is 0. The number of nitrogens with two attached hydrogens (primary N) is 1. The number of pyridine rings is 1. The lowest BCUT2D eigenvalue weighted by atomic mass is 10.1. The van der Waals surface area contributed by atoms with E-state index in [2.05, 4.69) is 16.0 Å². The molecular formula is C13H15N3S. The summed E-state index contributed by atoms with van der Waals surface area (Å²) in [6.07, 6.45) is 2.55. The molecule has 2 aromatic rings. The molecule has 0 radical (unpaired) electrons. The van der Waals surface area contributed by atoms with Crippen LogP contribution in [0, 0.1) is 0 Å². The summed E-state index contributed by atoms with van der Waals surface area (Å²) in [6.45, 7) is 0.823. The molecule has 0 aliphatic heterocycles. The van der Waals surface area contributed by atoms with E-state index in [-0.39, 0.29) is 0 Å². The Bertz CT molecular complexity index is 534. The van der Waals surface area contributed by atoms with Crippen molar-refractivity contribution in [2.45, 2.75) is 6.42 Å². The Hall–Kier alpha value is -1.68. The van der Waals surface area contributed by atoms with Gasteiger partial charge in [-0.3, -0.25) is 4.98 Å². The van der Waals surface area contributed by atoms with Gasteiger partial charge in [-0.05, 0) is 12.1 Å². The molecule has 1 aromatic heterocycles. The van der Waals surface area contributed by atoms with Gasteiger partial charge in [0.2, 0.25) is 0 Å². The van der Waals surface area contributed by atoms with Gasteiger partial charge in [-0.25, -0.2) is 0 Å². The van der Waals surface area contributed by atoms with Gasteiger partial charge in [0.15, 0.2) is 0 Å². The first-order valence-corrected chi connectivity index (χ1v) is 5.92. The van der Waals surface area contributed by atoms with Crippen LogP contribution in [0.3, 0.4) is 0 Å². The van der Waals surface area contributed by atoms with Gasteiger partial charge in [0.05, 0.1) is 10.5 Å². The van der Waals surface area contributed by atoms with Crippen molar-refractivity contribution in [1.29, 1.82) is 0 Å². The van der Waals surface area contributed by atoms with Crippen LogP contribution in [0.25, 0.3) is 10.9 Å². The molecule has 0 amide bonds. The summed E-state index contributed by atoms with van der Waals surface area (Å²) in [7, 11) is 2.04. The topological polar surface area (TPSA) is 42.1 Å².